The van der Waals surface area contributed by atoms with Crippen LogP contribution in [0.1, 0.15) is 30.9 Å². The third-order valence-corrected chi connectivity index (χ3v) is 4.61. The molecule has 0 spiro atoms. The molecule has 1 heterocycles. The summed E-state index contributed by atoms with van der Waals surface area (Å²) in [5, 5.41) is 2.97. The molecule has 6 heteroatoms. The van der Waals surface area contributed by atoms with Crippen molar-refractivity contribution in [3.8, 4) is 0 Å². The predicted molar refractivity (Wildman–Crippen MR) is 97.5 cm³/mol. The molecule has 0 aromatic heterocycles. The standard InChI is InChI=1S/C19H30N2O4/c1-3-23-11-12-25-13-16-5-4-6-17(14(16)2)21-19(22)18(20)15-7-9-24-10-8-15/h4-6,15,18H,3,7-13,20H2,1-2H3,(H,21,22). The average molecular weight is 350 g/mol. The van der Waals surface area contributed by atoms with Crippen LogP contribution in [0.3, 0.4) is 0 Å². The van der Waals surface area contributed by atoms with Crippen LogP contribution >= 0.6 is 0 Å². The van der Waals surface area contributed by atoms with E-state index >= 15 is 0 Å². The molecule has 1 aromatic rings. The summed E-state index contributed by atoms with van der Waals surface area (Å²) in [6.07, 6.45) is 1.67. The summed E-state index contributed by atoms with van der Waals surface area (Å²) in [5.74, 6) is 0.0450. The van der Waals surface area contributed by atoms with Crippen LogP contribution in [0.15, 0.2) is 18.2 Å². The molecule has 1 unspecified atom stereocenters. The van der Waals surface area contributed by atoms with Crippen molar-refractivity contribution in [2.45, 2.75) is 39.3 Å². The molecule has 6 nitrogen and oxygen atoms in total. The fourth-order valence-corrected chi connectivity index (χ4v) is 2.92. The molecule has 0 aliphatic carbocycles. The van der Waals surface area contributed by atoms with Crippen LogP contribution in [0.5, 0.6) is 0 Å². The average Bonchev–Trinajstić information content (AvgIpc) is 2.64. The molecule has 1 saturated heterocycles. The number of nitrogens with one attached hydrogen (secondary N) is 1. The van der Waals surface area contributed by atoms with Gasteiger partial charge >= 0.3 is 0 Å². The number of benzene rings is 1. The van der Waals surface area contributed by atoms with Crippen molar-refractivity contribution < 1.29 is 19.0 Å². The van der Waals surface area contributed by atoms with Crippen LogP contribution < -0.4 is 11.1 Å². The molecule has 3 N–H and O–H groups in total. The Kier molecular flexibility index (Phi) is 8.34. The van der Waals surface area contributed by atoms with E-state index in [0.29, 0.717) is 39.6 Å². The number of nitrogens with two attached hydrogens (primary N) is 1. The molecule has 1 aliphatic heterocycles. The highest BCUT2D eigenvalue weighted by molar-refractivity contribution is 5.95. The molecule has 0 radical (unpaired) electrons. The van der Waals surface area contributed by atoms with Crippen LogP contribution in [-0.2, 0) is 25.6 Å². The van der Waals surface area contributed by atoms with Crippen LogP contribution in [0.4, 0.5) is 5.69 Å². The summed E-state index contributed by atoms with van der Waals surface area (Å²) >= 11 is 0. The number of hydrogen-bond donors (Lipinski definition) is 2. The van der Waals surface area contributed by atoms with Crippen molar-refractivity contribution in [2.75, 3.05) is 38.4 Å². The second-order valence-electron chi connectivity index (χ2n) is 6.30. The van der Waals surface area contributed by atoms with Gasteiger partial charge in [0.05, 0.1) is 25.9 Å². The minimum atomic E-state index is -0.505. The number of hydrogen-bond acceptors (Lipinski definition) is 5. The first-order valence-electron chi connectivity index (χ1n) is 9.01. The largest absolute Gasteiger partial charge is 0.381 e. The van der Waals surface area contributed by atoms with Gasteiger partial charge < -0.3 is 25.3 Å². The van der Waals surface area contributed by atoms with Crippen molar-refractivity contribution in [1.82, 2.24) is 0 Å². The van der Waals surface area contributed by atoms with E-state index < -0.39 is 6.04 Å². The number of ether oxygens (including phenoxy) is 3. The zero-order valence-electron chi connectivity index (χ0n) is 15.3. The molecule has 1 aromatic carbocycles. The third-order valence-electron chi connectivity index (χ3n) is 4.61. The topological polar surface area (TPSA) is 82.8 Å². The van der Waals surface area contributed by atoms with Crippen molar-refractivity contribution in [3.63, 3.8) is 0 Å². The zero-order chi connectivity index (χ0) is 18.1. The Morgan fingerprint density at radius 3 is 2.76 bits per heavy atom. The Hall–Kier alpha value is -1.47. The Bertz CT molecular complexity index is 544. The Morgan fingerprint density at radius 1 is 1.32 bits per heavy atom. The molecule has 2 rings (SSSR count). The molecule has 1 amide bonds. The highest BCUT2D eigenvalue weighted by atomic mass is 16.5. The Labute approximate surface area is 150 Å². The van der Waals surface area contributed by atoms with Crippen LogP contribution in [0.25, 0.3) is 0 Å². The summed E-state index contributed by atoms with van der Waals surface area (Å²) in [7, 11) is 0. The number of amides is 1. The monoisotopic (exact) mass is 350 g/mol. The molecular formula is C19H30N2O4. The molecule has 0 bridgehead atoms. The number of carbonyl (C=O) groups is 1. The molecule has 1 aliphatic rings. The van der Waals surface area contributed by atoms with Gasteiger partial charge in [0.15, 0.2) is 0 Å². The van der Waals surface area contributed by atoms with Gasteiger partial charge in [0.1, 0.15) is 0 Å². The first kappa shape index (κ1) is 19.8. The lowest BCUT2D eigenvalue weighted by molar-refractivity contribution is -0.119. The lowest BCUT2D eigenvalue weighted by Gasteiger charge is -2.27. The first-order chi connectivity index (χ1) is 12.1. The van der Waals surface area contributed by atoms with Gasteiger partial charge in [0.25, 0.3) is 0 Å². The van der Waals surface area contributed by atoms with E-state index in [4.69, 9.17) is 19.9 Å². The van der Waals surface area contributed by atoms with E-state index in [1.807, 2.05) is 32.0 Å². The fourth-order valence-electron chi connectivity index (χ4n) is 2.92. The highest BCUT2D eigenvalue weighted by Gasteiger charge is 2.26. The van der Waals surface area contributed by atoms with Crippen molar-refractivity contribution in [2.24, 2.45) is 11.7 Å². The second kappa shape index (κ2) is 10.5. The van der Waals surface area contributed by atoms with E-state index in [0.717, 1.165) is 29.7 Å². The van der Waals surface area contributed by atoms with E-state index in [1.54, 1.807) is 0 Å². The van der Waals surface area contributed by atoms with E-state index in [-0.39, 0.29) is 11.8 Å². The van der Waals surface area contributed by atoms with Gasteiger partial charge in [0.2, 0.25) is 5.91 Å². The van der Waals surface area contributed by atoms with E-state index in [9.17, 15) is 4.79 Å². The predicted octanol–water partition coefficient (Wildman–Crippen LogP) is 2.24. The fraction of sp³-hybridized carbons (Fsp3) is 0.632. The molecule has 140 valence electrons. The maximum Gasteiger partial charge on any atom is 0.241 e. The smallest absolute Gasteiger partial charge is 0.241 e. The minimum Gasteiger partial charge on any atom is -0.381 e. The third kappa shape index (κ3) is 6.08. The van der Waals surface area contributed by atoms with Gasteiger partial charge in [-0.2, -0.15) is 0 Å². The number of carbonyl (C=O) groups excluding carboxylic acids is 1. The zero-order valence-corrected chi connectivity index (χ0v) is 15.3. The van der Waals surface area contributed by atoms with Gasteiger partial charge in [0, 0.05) is 25.5 Å². The molecule has 1 fully saturated rings. The Balaban J connectivity index is 1.90. The van der Waals surface area contributed by atoms with E-state index in [2.05, 4.69) is 5.32 Å². The van der Waals surface area contributed by atoms with Gasteiger partial charge in [-0.05, 0) is 49.8 Å². The lowest BCUT2D eigenvalue weighted by Crippen LogP contribution is -2.44. The first-order valence-corrected chi connectivity index (χ1v) is 9.01. The summed E-state index contributed by atoms with van der Waals surface area (Å²) in [6.45, 7) is 7.63. The molecular weight excluding hydrogens is 320 g/mol. The van der Waals surface area contributed by atoms with Gasteiger partial charge in [-0.3, -0.25) is 4.79 Å². The number of rotatable bonds is 9. The quantitative estimate of drug-likeness (QED) is 0.668. The molecule has 0 saturated carbocycles. The maximum absolute atomic E-state index is 12.5. The second-order valence-corrected chi connectivity index (χ2v) is 6.30. The lowest BCUT2D eigenvalue weighted by atomic mass is 9.91. The van der Waals surface area contributed by atoms with Crippen molar-refractivity contribution in [1.29, 1.82) is 0 Å². The normalized spacial score (nSPS) is 16.6. The van der Waals surface area contributed by atoms with Crippen molar-refractivity contribution >= 4 is 11.6 Å². The van der Waals surface area contributed by atoms with Crippen LogP contribution in [0.2, 0.25) is 0 Å². The number of anilines is 1. The van der Waals surface area contributed by atoms with Crippen LogP contribution in [-0.4, -0.2) is 45.0 Å². The maximum atomic E-state index is 12.5. The Morgan fingerprint density at radius 2 is 2.04 bits per heavy atom. The SMILES string of the molecule is CCOCCOCc1cccc(NC(=O)C(N)C2CCOCC2)c1C. The molecule has 25 heavy (non-hydrogen) atoms. The van der Waals surface area contributed by atoms with Gasteiger partial charge in [-0.1, -0.05) is 12.1 Å². The van der Waals surface area contributed by atoms with Crippen molar-refractivity contribution in [3.05, 3.63) is 29.3 Å². The van der Waals surface area contributed by atoms with Crippen LogP contribution in [0, 0.1) is 12.8 Å². The minimum absolute atomic E-state index is 0.135. The summed E-state index contributed by atoms with van der Waals surface area (Å²) in [6, 6.07) is 5.32. The summed E-state index contributed by atoms with van der Waals surface area (Å²) < 4.78 is 16.2. The van der Waals surface area contributed by atoms with E-state index in [1.165, 1.54) is 0 Å². The van der Waals surface area contributed by atoms with Gasteiger partial charge in [-0.25, -0.2) is 0 Å². The highest BCUT2D eigenvalue weighted by Crippen LogP contribution is 2.22. The molecule has 1 atom stereocenters. The summed E-state index contributed by atoms with van der Waals surface area (Å²) in [4.78, 5) is 12.5. The van der Waals surface area contributed by atoms with Gasteiger partial charge in [-0.15, -0.1) is 0 Å². The summed E-state index contributed by atoms with van der Waals surface area (Å²) in [5.41, 5.74) is 8.99.